The summed E-state index contributed by atoms with van der Waals surface area (Å²) in [6.07, 6.45) is 0.673. The fourth-order valence-electron chi connectivity index (χ4n) is 5.15. The molecule has 3 aromatic rings. The van der Waals surface area contributed by atoms with Crippen molar-refractivity contribution in [3.8, 4) is 0 Å². The molecule has 188 valence electrons. The number of benzene rings is 3. The van der Waals surface area contributed by atoms with Crippen LogP contribution in [0.2, 0.25) is 0 Å². The zero-order valence-corrected chi connectivity index (χ0v) is 21.9. The van der Waals surface area contributed by atoms with E-state index >= 15 is 0 Å². The Hall–Kier alpha value is -3.16. The predicted molar refractivity (Wildman–Crippen MR) is 142 cm³/mol. The number of ketones is 1. The smallest absolute Gasteiger partial charge is 0.261 e. The second kappa shape index (κ2) is 9.37. The van der Waals surface area contributed by atoms with Crippen molar-refractivity contribution in [2.45, 2.75) is 51.2 Å². The minimum Gasteiger partial charge on any atom is -0.378 e. The van der Waals surface area contributed by atoms with E-state index in [2.05, 4.69) is 10.0 Å². The van der Waals surface area contributed by atoms with Gasteiger partial charge in [0.15, 0.2) is 5.78 Å². The number of fused-ring (bicyclic) bond motifs is 3. The van der Waals surface area contributed by atoms with Crippen molar-refractivity contribution in [1.29, 1.82) is 0 Å². The number of Topliss-reactive ketones (excluding diaryl/α,β-unsaturated/α-hetero) is 1. The average Bonchev–Trinajstić information content (AvgIpc) is 3.35. The predicted octanol–water partition coefficient (Wildman–Crippen LogP) is 6.19. The first-order valence-corrected chi connectivity index (χ1v) is 13.9. The van der Waals surface area contributed by atoms with Crippen LogP contribution in [0.25, 0.3) is 0 Å². The highest BCUT2D eigenvalue weighted by molar-refractivity contribution is 7.92. The summed E-state index contributed by atoms with van der Waals surface area (Å²) >= 11 is 0. The molecule has 36 heavy (non-hydrogen) atoms. The first-order valence-electron chi connectivity index (χ1n) is 12.4. The van der Waals surface area contributed by atoms with Gasteiger partial charge in [-0.15, -0.1) is 0 Å². The van der Waals surface area contributed by atoms with Crippen LogP contribution in [-0.2, 0) is 14.8 Å². The number of rotatable bonds is 6. The standard InChI is InChI=1S/C29H32N2O4S/c1-17(2)28(32)21-8-6-20(7-9-21)27-24-13-14-35-29(24)25-16-23(11-12-26(25)30-27)36(33,34)31-22-10-5-18(3)19(4)15-22/h5-12,15-17,24,27,29-31H,13-14H2,1-4H3. The minimum absolute atomic E-state index is 0.0179. The molecule has 2 aliphatic rings. The Balaban J connectivity index is 1.43. The molecule has 7 heteroatoms. The van der Waals surface area contributed by atoms with Crippen LogP contribution in [0.15, 0.2) is 65.6 Å². The summed E-state index contributed by atoms with van der Waals surface area (Å²) in [5.41, 5.74) is 6.23. The van der Waals surface area contributed by atoms with E-state index in [1.807, 2.05) is 70.2 Å². The molecule has 2 N–H and O–H groups in total. The Morgan fingerprint density at radius 2 is 1.75 bits per heavy atom. The highest BCUT2D eigenvalue weighted by Crippen LogP contribution is 2.50. The van der Waals surface area contributed by atoms with E-state index in [0.29, 0.717) is 12.3 Å². The van der Waals surface area contributed by atoms with Crippen LogP contribution < -0.4 is 10.0 Å². The minimum atomic E-state index is -3.76. The van der Waals surface area contributed by atoms with Crippen molar-refractivity contribution in [2.24, 2.45) is 11.8 Å². The number of hydrogen-bond acceptors (Lipinski definition) is 5. The summed E-state index contributed by atoms with van der Waals surface area (Å²) in [5.74, 6) is 0.252. The number of carbonyl (C=O) groups excluding carboxylic acids is 1. The van der Waals surface area contributed by atoms with E-state index in [1.165, 1.54) is 0 Å². The zero-order valence-electron chi connectivity index (χ0n) is 21.0. The van der Waals surface area contributed by atoms with Crippen LogP contribution in [0.4, 0.5) is 11.4 Å². The first-order chi connectivity index (χ1) is 17.1. The Kier molecular flexibility index (Phi) is 6.39. The molecule has 0 radical (unpaired) electrons. The molecule has 0 saturated carbocycles. The van der Waals surface area contributed by atoms with Gasteiger partial charge in [-0.25, -0.2) is 8.42 Å². The van der Waals surface area contributed by atoms with Gasteiger partial charge in [-0.3, -0.25) is 9.52 Å². The van der Waals surface area contributed by atoms with Gasteiger partial charge in [0.05, 0.1) is 17.0 Å². The second-order valence-corrected chi connectivity index (χ2v) is 11.8. The molecule has 0 aromatic heterocycles. The molecule has 3 atom stereocenters. The van der Waals surface area contributed by atoms with Crippen molar-refractivity contribution in [3.63, 3.8) is 0 Å². The third kappa shape index (κ3) is 4.53. The Labute approximate surface area is 213 Å². The van der Waals surface area contributed by atoms with Gasteiger partial charge < -0.3 is 10.1 Å². The van der Waals surface area contributed by atoms with Gasteiger partial charge >= 0.3 is 0 Å². The lowest BCUT2D eigenvalue weighted by Crippen LogP contribution is -2.29. The second-order valence-electron chi connectivity index (χ2n) is 10.2. The summed E-state index contributed by atoms with van der Waals surface area (Å²) in [6, 6.07) is 18.6. The number of sulfonamides is 1. The molecule has 1 saturated heterocycles. The summed E-state index contributed by atoms with van der Waals surface area (Å²) in [6.45, 7) is 8.38. The van der Waals surface area contributed by atoms with E-state index in [4.69, 9.17) is 4.74 Å². The molecule has 2 heterocycles. The fraction of sp³-hybridized carbons (Fsp3) is 0.345. The summed E-state index contributed by atoms with van der Waals surface area (Å²) < 4.78 is 35.2. The largest absolute Gasteiger partial charge is 0.378 e. The third-order valence-corrected chi connectivity index (χ3v) is 8.73. The average molecular weight is 505 g/mol. The number of anilines is 2. The number of hydrogen-bond donors (Lipinski definition) is 2. The van der Waals surface area contributed by atoms with Gasteiger partial charge in [0, 0.05) is 40.9 Å². The molecule has 0 bridgehead atoms. The summed E-state index contributed by atoms with van der Waals surface area (Å²) in [7, 11) is -3.76. The Morgan fingerprint density at radius 1 is 1.00 bits per heavy atom. The molecule has 0 aliphatic carbocycles. The maximum absolute atomic E-state index is 13.2. The number of aryl methyl sites for hydroxylation is 2. The van der Waals surface area contributed by atoms with Gasteiger partial charge in [-0.2, -0.15) is 0 Å². The lowest BCUT2D eigenvalue weighted by atomic mass is 9.81. The molecule has 2 aliphatic heterocycles. The van der Waals surface area contributed by atoms with Gasteiger partial charge in [-0.1, -0.05) is 44.2 Å². The number of carbonyl (C=O) groups is 1. The number of ether oxygens (including phenoxy) is 1. The van der Waals surface area contributed by atoms with Crippen LogP contribution in [0, 0.1) is 25.7 Å². The van der Waals surface area contributed by atoms with Gasteiger partial charge in [0.25, 0.3) is 10.0 Å². The Bertz CT molecular complexity index is 1410. The lowest BCUT2D eigenvalue weighted by Gasteiger charge is -2.36. The monoisotopic (exact) mass is 504 g/mol. The van der Waals surface area contributed by atoms with Crippen LogP contribution in [0.1, 0.15) is 65.0 Å². The van der Waals surface area contributed by atoms with Crippen LogP contribution in [0.5, 0.6) is 0 Å². The third-order valence-electron chi connectivity index (χ3n) is 7.35. The van der Waals surface area contributed by atoms with Gasteiger partial charge in [0.2, 0.25) is 0 Å². The fourth-order valence-corrected chi connectivity index (χ4v) is 6.24. The van der Waals surface area contributed by atoms with Crippen molar-refractivity contribution in [3.05, 3.63) is 88.5 Å². The zero-order chi connectivity index (χ0) is 25.6. The summed E-state index contributed by atoms with van der Waals surface area (Å²) in [4.78, 5) is 12.6. The molecule has 3 unspecified atom stereocenters. The van der Waals surface area contributed by atoms with Crippen molar-refractivity contribution in [1.82, 2.24) is 0 Å². The van der Waals surface area contributed by atoms with Gasteiger partial charge in [-0.05, 0) is 67.3 Å². The van der Waals surface area contributed by atoms with E-state index in [0.717, 1.165) is 39.9 Å². The first kappa shape index (κ1) is 24.5. The maximum Gasteiger partial charge on any atom is 0.261 e. The topological polar surface area (TPSA) is 84.5 Å². The maximum atomic E-state index is 13.2. The molecule has 1 fully saturated rings. The highest BCUT2D eigenvalue weighted by Gasteiger charge is 2.42. The van der Waals surface area contributed by atoms with Gasteiger partial charge in [0.1, 0.15) is 0 Å². The van der Waals surface area contributed by atoms with Crippen LogP contribution >= 0.6 is 0 Å². The molecule has 0 spiro atoms. The molecule has 5 rings (SSSR count). The molecule has 0 amide bonds. The molecule has 6 nitrogen and oxygen atoms in total. The SMILES string of the molecule is Cc1ccc(NS(=O)(=O)c2ccc3c(c2)C2OCCC2C(c2ccc(C(=O)C(C)C)cc2)N3)cc1C. The van der Waals surface area contributed by atoms with E-state index in [-0.39, 0.29) is 34.7 Å². The molecule has 3 aromatic carbocycles. The van der Waals surface area contributed by atoms with Crippen molar-refractivity contribution >= 4 is 27.2 Å². The number of nitrogens with one attached hydrogen (secondary N) is 2. The van der Waals surface area contributed by atoms with E-state index in [9.17, 15) is 13.2 Å². The Morgan fingerprint density at radius 3 is 2.44 bits per heavy atom. The van der Waals surface area contributed by atoms with Crippen LogP contribution in [-0.4, -0.2) is 20.8 Å². The quantitative estimate of drug-likeness (QED) is 0.391. The molecular weight excluding hydrogens is 472 g/mol. The summed E-state index contributed by atoms with van der Waals surface area (Å²) in [5, 5.41) is 3.62. The normalized spacial score (nSPS) is 21.0. The lowest BCUT2D eigenvalue weighted by molar-refractivity contribution is 0.0827. The molecular formula is C29H32N2O4S. The van der Waals surface area contributed by atoms with E-state index in [1.54, 1.807) is 18.2 Å². The highest BCUT2D eigenvalue weighted by atomic mass is 32.2. The van der Waals surface area contributed by atoms with Crippen LogP contribution in [0.3, 0.4) is 0 Å². The van der Waals surface area contributed by atoms with Crippen molar-refractivity contribution < 1.29 is 17.9 Å². The van der Waals surface area contributed by atoms with E-state index < -0.39 is 10.0 Å². The van der Waals surface area contributed by atoms with Crippen molar-refractivity contribution in [2.75, 3.05) is 16.6 Å².